The molecule has 1 N–H and O–H groups in total. The van der Waals surface area contributed by atoms with Crippen molar-refractivity contribution in [2.75, 3.05) is 6.54 Å². The van der Waals surface area contributed by atoms with Crippen LogP contribution in [0.4, 0.5) is 0 Å². The smallest absolute Gasteiger partial charge is 0.0860 e. The van der Waals surface area contributed by atoms with E-state index in [4.69, 9.17) is 0 Å². The molecule has 0 aliphatic carbocycles. The number of rotatable bonds is 4. The fourth-order valence-corrected chi connectivity index (χ4v) is 2.61. The predicted molar refractivity (Wildman–Crippen MR) is 74.5 cm³/mol. The number of hydrogen-bond donors (Lipinski definition) is 1. The van der Waals surface area contributed by atoms with Gasteiger partial charge in [-0.1, -0.05) is 43.8 Å². The molecule has 0 aliphatic heterocycles. The van der Waals surface area contributed by atoms with E-state index in [1.165, 1.54) is 22.0 Å². The fraction of sp³-hybridized carbons (Fsp3) is 0.692. The summed E-state index contributed by atoms with van der Waals surface area (Å²) in [7, 11) is 0. The molecule has 0 bridgehead atoms. The maximum absolute atomic E-state index is 4.30. The van der Waals surface area contributed by atoms with Gasteiger partial charge in [-0.05, 0) is 31.9 Å². The van der Waals surface area contributed by atoms with Gasteiger partial charge in [-0.3, -0.25) is 0 Å². The normalized spacial score (nSPS) is 13.5. The SMILES string of the molecule is CCNC(C=C(C)C)c1snnc1C(C)(C)C. The van der Waals surface area contributed by atoms with Crippen molar-refractivity contribution in [3.05, 3.63) is 22.2 Å². The highest BCUT2D eigenvalue weighted by Crippen LogP contribution is 2.31. The summed E-state index contributed by atoms with van der Waals surface area (Å²) in [6, 6.07) is 0.235. The number of nitrogens with zero attached hydrogens (tertiary/aromatic N) is 2. The number of aromatic nitrogens is 2. The fourth-order valence-electron chi connectivity index (χ4n) is 1.70. The van der Waals surface area contributed by atoms with Crippen LogP contribution in [0.2, 0.25) is 0 Å². The largest absolute Gasteiger partial charge is 0.306 e. The molecule has 1 aromatic heterocycles. The van der Waals surface area contributed by atoms with Gasteiger partial charge in [0.1, 0.15) is 0 Å². The Kier molecular flexibility index (Phi) is 4.83. The molecule has 0 fully saturated rings. The van der Waals surface area contributed by atoms with Crippen molar-refractivity contribution in [1.29, 1.82) is 0 Å². The summed E-state index contributed by atoms with van der Waals surface area (Å²) in [6.45, 7) is 13.8. The number of likely N-dealkylation sites (N-methyl/N-ethyl adjacent to an activating group) is 1. The summed E-state index contributed by atoms with van der Waals surface area (Å²) >= 11 is 1.50. The first-order valence-corrected chi connectivity index (χ1v) is 6.84. The molecule has 0 radical (unpaired) electrons. The van der Waals surface area contributed by atoms with Crippen LogP contribution in [0.1, 0.15) is 58.2 Å². The molecule has 0 spiro atoms. The molecule has 0 aliphatic rings. The van der Waals surface area contributed by atoms with Gasteiger partial charge in [0.2, 0.25) is 0 Å². The summed E-state index contributed by atoms with van der Waals surface area (Å²) in [5.41, 5.74) is 2.46. The average molecular weight is 253 g/mol. The van der Waals surface area contributed by atoms with Crippen molar-refractivity contribution in [3.63, 3.8) is 0 Å². The second-order valence-corrected chi connectivity index (χ2v) is 6.30. The van der Waals surface area contributed by atoms with Crippen LogP contribution in [-0.4, -0.2) is 16.1 Å². The molecule has 1 unspecified atom stereocenters. The first-order valence-electron chi connectivity index (χ1n) is 6.07. The Hall–Kier alpha value is -0.740. The second-order valence-electron chi connectivity index (χ2n) is 5.52. The lowest BCUT2D eigenvalue weighted by Crippen LogP contribution is -2.23. The zero-order chi connectivity index (χ0) is 13.1. The van der Waals surface area contributed by atoms with Crippen LogP contribution in [-0.2, 0) is 5.41 Å². The maximum atomic E-state index is 4.30. The zero-order valence-corrected chi connectivity index (χ0v) is 12.5. The van der Waals surface area contributed by atoms with E-state index in [0.717, 1.165) is 12.2 Å². The van der Waals surface area contributed by atoms with E-state index < -0.39 is 0 Å². The third kappa shape index (κ3) is 3.89. The Labute approximate surface area is 108 Å². The second kappa shape index (κ2) is 5.74. The molecule has 17 heavy (non-hydrogen) atoms. The Morgan fingerprint density at radius 1 is 1.41 bits per heavy atom. The Morgan fingerprint density at radius 3 is 2.53 bits per heavy atom. The Bertz CT molecular complexity index is 384. The van der Waals surface area contributed by atoms with Gasteiger partial charge in [0.25, 0.3) is 0 Å². The van der Waals surface area contributed by atoms with Crippen molar-refractivity contribution in [2.45, 2.75) is 53.0 Å². The third-order valence-corrected chi connectivity index (χ3v) is 3.24. The summed E-state index contributed by atoms with van der Waals surface area (Å²) < 4.78 is 4.12. The lowest BCUT2D eigenvalue weighted by Gasteiger charge is -2.20. The van der Waals surface area contributed by atoms with Crippen LogP contribution >= 0.6 is 11.5 Å². The van der Waals surface area contributed by atoms with E-state index in [1.54, 1.807) is 0 Å². The minimum absolute atomic E-state index is 0.0471. The zero-order valence-electron chi connectivity index (χ0n) is 11.7. The van der Waals surface area contributed by atoms with E-state index in [9.17, 15) is 0 Å². The topological polar surface area (TPSA) is 37.8 Å². The lowest BCUT2D eigenvalue weighted by atomic mass is 9.90. The molecular weight excluding hydrogens is 230 g/mol. The molecule has 1 rings (SSSR count). The van der Waals surface area contributed by atoms with Gasteiger partial charge in [-0.25, -0.2) is 0 Å². The third-order valence-electron chi connectivity index (χ3n) is 2.43. The van der Waals surface area contributed by atoms with Gasteiger partial charge < -0.3 is 5.32 Å². The van der Waals surface area contributed by atoms with Gasteiger partial charge in [0, 0.05) is 5.41 Å². The first-order chi connectivity index (χ1) is 7.86. The molecule has 1 atom stereocenters. The molecule has 1 heterocycles. The standard InChI is InChI=1S/C13H23N3S/c1-7-14-10(8-9(2)3)11-12(13(4,5)6)15-16-17-11/h8,10,14H,7H2,1-6H3. The number of nitrogens with one attached hydrogen (secondary N) is 1. The van der Waals surface area contributed by atoms with E-state index in [2.05, 4.69) is 62.5 Å². The van der Waals surface area contributed by atoms with Crippen LogP contribution < -0.4 is 5.32 Å². The number of allylic oxidation sites excluding steroid dienone is 1. The van der Waals surface area contributed by atoms with Crippen LogP contribution in [0, 0.1) is 0 Å². The molecule has 0 saturated carbocycles. The predicted octanol–water partition coefficient (Wildman–Crippen LogP) is 3.45. The highest BCUT2D eigenvalue weighted by Gasteiger charge is 2.25. The van der Waals surface area contributed by atoms with Gasteiger partial charge in [-0.15, -0.1) is 5.10 Å². The van der Waals surface area contributed by atoms with Crippen molar-refractivity contribution >= 4 is 11.5 Å². The van der Waals surface area contributed by atoms with E-state index in [0.29, 0.717) is 0 Å². The minimum atomic E-state index is 0.0471. The molecule has 1 aromatic rings. The maximum Gasteiger partial charge on any atom is 0.0860 e. The van der Waals surface area contributed by atoms with Crippen LogP contribution in [0.3, 0.4) is 0 Å². The molecule has 0 saturated heterocycles. The summed E-state index contributed by atoms with van der Waals surface area (Å²) in [5.74, 6) is 0. The number of hydrogen-bond acceptors (Lipinski definition) is 4. The van der Waals surface area contributed by atoms with Crippen molar-refractivity contribution < 1.29 is 0 Å². The van der Waals surface area contributed by atoms with E-state index in [1.807, 2.05) is 0 Å². The molecule has 0 amide bonds. The molecule has 96 valence electrons. The van der Waals surface area contributed by atoms with Crippen LogP contribution in [0.25, 0.3) is 0 Å². The quantitative estimate of drug-likeness (QED) is 0.835. The highest BCUT2D eigenvalue weighted by molar-refractivity contribution is 7.05. The molecule has 0 aromatic carbocycles. The average Bonchev–Trinajstić information content (AvgIpc) is 2.63. The molecule has 4 heteroatoms. The summed E-state index contributed by atoms with van der Waals surface area (Å²) in [6.07, 6.45) is 2.24. The van der Waals surface area contributed by atoms with Gasteiger partial charge >= 0.3 is 0 Å². The van der Waals surface area contributed by atoms with Crippen LogP contribution in [0.5, 0.6) is 0 Å². The minimum Gasteiger partial charge on any atom is -0.306 e. The molecular formula is C13H23N3S. The van der Waals surface area contributed by atoms with Crippen molar-refractivity contribution in [1.82, 2.24) is 14.9 Å². The Balaban J connectivity index is 3.11. The summed E-state index contributed by atoms with van der Waals surface area (Å²) in [4.78, 5) is 1.24. The monoisotopic (exact) mass is 253 g/mol. The van der Waals surface area contributed by atoms with Gasteiger partial charge in [0.05, 0.1) is 16.6 Å². The van der Waals surface area contributed by atoms with E-state index >= 15 is 0 Å². The van der Waals surface area contributed by atoms with Gasteiger partial charge in [-0.2, -0.15) is 0 Å². The molecule has 3 nitrogen and oxygen atoms in total. The van der Waals surface area contributed by atoms with Gasteiger partial charge in [0.15, 0.2) is 0 Å². The lowest BCUT2D eigenvalue weighted by molar-refractivity contribution is 0.545. The van der Waals surface area contributed by atoms with Crippen molar-refractivity contribution in [3.8, 4) is 0 Å². The van der Waals surface area contributed by atoms with Crippen LogP contribution in [0.15, 0.2) is 11.6 Å². The van der Waals surface area contributed by atoms with Crippen molar-refractivity contribution in [2.24, 2.45) is 0 Å². The van der Waals surface area contributed by atoms with E-state index in [-0.39, 0.29) is 11.5 Å². The highest BCUT2D eigenvalue weighted by atomic mass is 32.1. The Morgan fingerprint density at radius 2 is 2.06 bits per heavy atom. The summed E-state index contributed by atoms with van der Waals surface area (Å²) in [5, 5.41) is 7.78. The first kappa shape index (κ1) is 14.3.